The van der Waals surface area contributed by atoms with Crippen LogP contribution in [0.1, 0.15) is 63.3 Å². The van der Waals surface area contributed by atoms with Crippen LogP contribution in [0.25, 0.3) is 0 Å². The number of amides is 1. The molecule has 0 aliphatic heterocycles. The Morgan fingerprint density at radius 2 is 1.88 bits per heavy atom. The van der Waals surface area contributed by atoms with Crippen LogP contribution < -0.4 is 9.47 Å². The quantitative estimate of drug-likeness (QED) is 0.279. The van der Waals surface area contributed by atoms with Gasteiger partial charge in [-0.25, -0.2) is 8.42 Å². The number of hydrogen-bond donors (Lipinski definition) is 0. The van der Waals surface area contributed by atoms with Crippen molar-refractivity contribution in [3.8, 4) is 11.5 Å². The van der Waals surface area contributed by atoms with E-state index in [-0.39, 0.29) is 41.9 Å². The molecule has 0 saturated heterocycles. The summed E-state index contributed by atoms with van der Waals surface area (Å²) in [5, 5.41) is 1.97. The number of hydrogen-bond acceptors (Lipinski definition) is 7. The summed E-state index contributed by atoms with van der Waals surface area (Å²) in [6, 6.07) is 9.62. The van der Waals surface area contributed by atoms with Gasteiger partial charge in [0.05, 0.1) is 33.1 Å². The van der Waals surface area contributed by atoms with Crippen molar-refractivity contribution in [1.82, 2.24) is 9.21 Å². The smallest absolute Gasteiger partial charge is 0.238 e. The highest BCUT2D eigenvalue weighted by Gasteiger charge is 2.65. The van der Waals surface area contributed by atoms with Crippen LogP contribution in [-0.4, -0.2) is 68.9 Å². The molecule has 1 amide bonds. The van der Waals surface area contributed by atoms with E-state index in [1.807, 2.05) is 56.5 Å². The Morgan fingerprint density at radius 1 is 1.12 bits per heavy atom. The van der Waals surface area contributed by atoms with Crippen LogP contribution in [0.15, 0.2) is 35.7 Å². The minimum Gasteiger partial charge on any atom is -0.493 e. The van der Waals surface area contributed by atoms with Crippen LogP contribution in [0.2, 0.25) is 0 Å². The van der Waals surface area contributed by atoms with E-state index in [0.29, 0.717) is 50.3 Å². The normalized spacial score (nSPS) is 21.4. The number of Topliss-reactive ketones (excluding diaryl/α,β-unsaturated/α-hetero) is 1. The predicted octanol–water partition coefficient (Wildman–Crippen LogP) is 5.16. The number of ketones is 1. The molecule has 2 unspecified atom stereocenters. The second-order valence-electron chi connectivity index (χ2n) is 11.9. The molecule has 0 radical (unpaired) electrons. The average molecular weight is 605 g/mol. The lowest BCUT2D eigenvalue weighted by atomic mass is 9.70. The van der Waals surface area contributed by atoms with Gasteiger partial charge in [0.15, 0.2) is 11.5 Å². The molecule has 2 atom stereocenters. The van der Waals surface area contributed by atoms with E-state index in [4.69, 9.17) is 9.47 Å². The zero-order valence-electron chi connectivity index (χ0n) is 25.0. The Hall–Kier alpha value is -2.43. The van der Waals surface area contributed by atoms with Crippen molar-refractivity contribution in [2.24, 2.45) is 16.7 Å². The van der Waals surface area contributed by atoms with Crippen LogP contribution in [0.3, 0.4) is 0 Å². The van der Waals surface area contributed by atoms with Crippen LogP contribution in [0.4, 0.5) is 0 Å². The van der Waals surface area contributed by atoms with Crippen molar-refractivity contribution >= 4 is 33.1 Å². The van der Waals surface area contributed by atoms with Gasteiger partial charge in [0.2, 0.25) is 15.9 Å². The zero-order valence-corrected chi connectivity index (χ0v) is 26.6. The number of nitrogens with zero attached hydrogens (tertiary/aromatic N) is 2. The Kier molecular flexibility index (Phi) is 9.86. The monoisotopic (exact) mass is 604 g/mol. The summed E-state index contributed by atoms with van der Waals surface area (Å²) < 4.78 is 40.1. The molecule has 2 bridgehead atoms. The molecule has 2 fully saturated rings. The van der Waals surface area contributed by atoms with Gasteiger partial charge in [-0.15, -0.1) is 11.3 Å². The second-order valence-corrected chi connectivity index (χ2v) is 14.9. The number of sulfonamides is 1. The first-order valence-electron chi connectivity index (χ1n) is 14.5. The van der Waals surface area contributed by atoms with Crippen LogP contribution in [0, 0.1) is 16.7 Å². The highest BCUT2D eigenvalue weighted by Crippen LogP contribution is 2.64. The summed E-state index contributed by atoms with van der Waals surface area (Å²) in [4.78, 5) is 29.7. The van der Waals surface area contributed by atoms with E-state index < -0.39 is 15.4 Å². The maximum Gasteiger partial charge on any atom is 0.238 e. The molecule has 2 aromatic rings. The molecule has 2 saturated carbocycles. The number of fused-ring (bicyclic) bond motifs is 2. The Balaban J connectivity index is 1.54. The first-order valence-corrected chi connectivity index (χ1v) is 17.0. The van der Waals surface area contributed by atoms with Gasteiger partial charge in [-0.3, -0.25) is 9.59 Å². The summed E-state index contributed by atoms with van der Waals surface area (Å²) in [7, 11) is -0.686. The lowest BCUT2D eigenvalue weighted by Crippen LogP contribution is -2.49. The molecule has 0 spiro atoms. The average Bonchev–Trinajstić information content (AvgIpc) is 3.59. The van der Waals surface area contributed by atoms with Crippen molar-refractivity contribution in [2.75, 3.05) is 39.6 Å². The van der Waals surface area contributed by atoms with Gasteiger partial charge in [-0.2, -0.15) is 4.31 Å². The zero-order chi connectivity index (χ0) is 29.8. The molecule has 1 aromatic carbocycles. The molecule has 0 N–H and O–H groups in total. The minimum absolute atomic E-state index is 0.0679. The van der Waals surface area contributed by atoms with E-state index in [2.05, 4.69) is 0 Å². The van der Waals surface area contributed by atoms with Gasteiger partial charge in [-0.05, 0) is 66.2 Å². The molecule has 2 aliphatic rings. The van der Waals surface area contributed by atoms with Gasteiger partial charge >= 0.3 is 0 Å². The highest BCUT2D eigenvalue weighted by atomic mass is 32.2. The SMILES string of the molecule is CCCCN(CC(=O)N(CCc1ccc(OC)c(OC)c1)Cc1cccs1)S(=O)(=O)CC12CCC(CC1=O)C2(C)C. The molecule has 10 heteroatoms. The summed E-state index contributed by atoms with van der Waals surface area (Å²) in [5.41, 5.74) is -0.241. The van der Waals surface area contributed by atoms with Crippen molar-refractivity contribution in [1.29, 1.82) is 0 Å². The van der Waals surface area contributed by atoms with Gasteiger partial charge in [-0.1, -0.05) is 39.3 Å². The Labute approximate surface area is 249 Å². The first-order chi connectivity index (χ1) is 19.5. The van der Waals surface area contributed by atoms with E-state index in [0.717, 1.165) is 23.3 Å². The fourth-order valence-electron chi connectivity index (χ4n) is 6.60. The van der Waals surface area contributed by atoms with E-state index in [9.17, 15) is 18.0 Å². The Bertz CT molecular complexity index is 1320. The van der Waals surface area contributed by atoms with E-state index in [1.165, 1.54) is 4.31 Å². The molecule has 1 heterocycles. The van der Waals surface area contributed by atoms with Crippen molar-refractivity contribution in [3.05, 3.63) is 46.2 Å². The number of unbranched alkanes of at least 4 members (excludes halogenated alkanes) is 1. The van der Waals surface area contributed by atoms with Gasteiger partial charge in [0.1, 0.15) is 5.78 Å². The Morgan fingerprint density at radius 3 is 2.46 bits per heavy atom. The van der Waals surface area contributed by atoms with Crippen molar-refractivity contribution < 1.29 is 27.5 Å². The van der Waals surface area contributed by atoms with Crippen molar-refractivity contribution in [2.45, 2.75) is 65.8 Å². The molecule has 4 rings (SSSR count). The third-order valence-electron chi connectivity index (χ3n) is 9.43. The summed E-state index contributed by atoms with van der Waals surface area (Å²) in [5.74, 6) is 1.10. The maximum absolute atomic E-state index is 14.0. The predicted molar refractivity (Wildman–Crippen MR) is 162 cm³/mol. The van der Waals surface area contributed by atoms with Crippen molar-refractivity contribution in [3.63, 3.8) is 0 Å². The third kappa shape index (κ3) is 6.49. The summed E-state index contributed by atoms with van der Waals surface area (Å²) >= 11 is 1.57. The minimum atomic E-state index is -3.86. The fraction of sp³-hybridized carbons (Fsp3) is 0.613. The molecular weight excluding hydrogens is 560 g/mol. The van der Waals surface area contributed by atoms with Gasteiger partial charge in [0, 0.05) is 29.8 Å². The number of rotatable bonds is 15. The largest absolute Gasteiger partial charge is 0.493 e. The second kappa shape index (κ2) is 12.8. The lowest BCUT2D eigenvalue weighted by Gasteiger charge is -2.38. The maximum atomic E-state index is 14.0. The van der Waals surface area contributed by atoms with Crippen LogP contribution in [0.5, 0.6) is 11.5 Å². The van der Waals surface area contributed by atoms with Gasteiger partial charge < -0.3 is 14.4 Å². The highest BCUT2D eigenvalue weighted by molar-refractivity contribution is 7.89. The molecule has 41 heavy (non-hydrogen) atoms. The van der Waals surface area contributed by atoms with Gasteiger partial charge in [0.25, 0.3) is 0 Å². The number of methoxy groups -OCH3 is 2. The molecule has 226 valence electrons. The number of benzene rings is 1. The number of ether oxygens (including phenoxy) is 2. The lowest BCUT2D eigenvalue weighted by molar-refractivity contribution is -0.132. The number of carbonyl (C=O) groups is 2. The number of carbonyl (C=O) groups excluding carboxylic acids is 2. The van der Waals surface area contributed by atoms with Crippen LogP contribution >= 0.6 is 11.3 Å². The molecular formula is C31H44N2O6S2. The number of thiophene rings is 1. The molecule has 2 aliphatic carbocycles. The summed E-state index contributed by atoms with van der Waals surface area (Å²) in [6.45, 7) is 6.96. The van der Waals surface area contributed by atoms with E-state index >= 15 is 0 Å². The first kappa shape index (κ1) is 31.5. The molecule has 1 aromatic heterocycles. The topological polar surface area (TPSA) is 93.2 Å². The third-order valence-corrected chi connectivity index (χ3v) is 12.2. The van der Waals surface area contributed by atoms with Crippen LogP contribution in [-0.2, 0) is 32.6 Å². The molecule has 8 nitrogen and oxygen atoms in total. The standard InChI is InChI=1S/C31H44N2O6S2/c1-6-7-15-33(41(36,37)22-31-14-12-24(19-28(31)34)30(31,2)3)21-29(35)32(20-25-9-8-17-40-25)16-13-23-10-11-26(38-4)27(18-23)39-5/h8-11,17-18,24H,6-7,12-16,19-22H2,1-5H3. The van der Waals surface area contributed by atoms with E-state index in [1.54, 1.807) is 30.5 Å². The summed E-state index contributed by atoms with van der Waals surface area (Å²) in [6.07, 6.45) is 3.97. The fourth-order valence-corrected chi connectivity index (χ4v) is 9.51.